The first-order valence-electron chi connectivity index (χ1n) is 21.2. The average Bonchev–Trinajstić information content (AvgIpc) is 3.27. The number of anilines is 1. The number of carboxylic acid groups (broad SMARTS) is 1. The summed E-state index contributed by atoms with van der Waals surface area (Å²) in [5.41, 5.74) is 13.5. The molecule has 0 aromatic heterocycles. The summed E-state index contributed by atoms with van der Waals surface area (Å²) in [6.07, 6.45) is 10.9. The van der Waals surface area contributed by atoms with Gasteiger partial charge in [0.25, 0.3) is 6.47 Å². The molecule has 0 spiro atoms. The van der Waals surface area contributed by atoms with E-state index >= 15 is 0 Å². The van der Waals surface area contributed by atoms with Crippen molar-refractivity contribution in [3.8, 4) is 0 Å². The molecule has 328 valence electrons. The number of ether oxygens (including phenoxy) is 1. The zero-order valence-corrected chi connectivity index (χ0v) is 37.1. The second kappa shape index (κ2) is 25.3. The summed E-state index contributed by atoms with van der Waals surface area (Å²) in [5.74, 6) is 0.682. The van der Waals surface area contributed by atoms with Crippen molar-refractivity contribution in [1.29, 1.82) is 0 Å². The molecular formula is C48H71N7O5. The number of rotatable bonds is 8. The summed E-state index contributed by atoms with van der Waals surface area (Å²) in [4.78, 5) is 45.0. The number of amides is 1. The molecule has 0 saturated carbocycles. The summed E-state index contributed by atoms with van der Waals surface area (Å²) in [6.45, 7) is 26.6. The summed E-state index contributed by atoms with van der Waals surface area (Å²) in [7, 11) is 1.50. The zero-order valence-electron chi connectivity index (χ0n) is 37.1. The Hall–Kier alpha value is -5.33. The van der Waals surface area contributed by atoms with Crippen LogP contribution in [0.4, 0.5) is 10.5 Å². The average molecular weight is 826 g/mol. The molecule has 3 saturated heterocycles. The van der Waals surface area contributed by atoms with Gasteiger partial charge in [0.2, 0.25) is 0 Å². The van der Waals surface area contributed by atoms with Crippen LogP contribution in [0.25, 0.3) is 6.08 Å². The minimum absolute atomic E-state index is 0.145. The Kier molecular flexibility index (Phi) is 20.7. The van der Waals surface area contributed by atoms with Crippen LogP contribution in [0.3, 0.4) is 0 Å². The molecule has 0 aliphatic carbocycles. The van der Waals surface area contributed by atoms with Gasteiger partial charge in [0.1, 0.15) is 6.61 Å². The standard InChI is InChI=1S/C44H60N6O3.C2H4.CH5N.CH2O2/c1-6-38-18-22-49(41-29-45-19-23-50(44(3,4)5)42(32-51)34(41)2)31-39(38)28-35-12-14-40(15-13-35)47-20-16-36(17-21-47)30-46-24-26-48(27-25-46)43(52)53-33-37-10-8-7-9-11-37;2*1-2;2-1-3/h6-15,28-29,32,36,45H,16-27,30-31,33H2,1-5H3;1-2H2;2H2,1H3;1H,(H,2,3)/b38-6-,39-28-,41-29+,42-34+;;;. The first-order chi connectivity index (χ1) is 29.0. The topological polar surface area (TPSA) is 135 Å². The van der Waals surface area contributed by atoms with Gasteiger partial charge in [-0.3, -0.25) is 14.5 Å². The van der Waals surface area contributed by atoms with Crippen molar-refractivity contribution in [2.45, 2.75) is 66.0 Å². The number of hydrogen-bond donors (Lipinski definition) is 3. The van der Waals surface area contributed by atoms with Crippen LogP contribution in [-0.4, -0.2) is 128 Å². The lowest BCUT2D eigenvalue weighted by Gasteiger charge is -2.41. The van der Waals surface area contributed by atoms with Crippen LogP contribution in [0.5, 0.6) is 0 Å². The Morgan fingerprint density at radius 2 is 1.53 bits per heavy atom. The van der Waals surface area contributed by atoms with E-state index in [2.05, 4.69) is 121 Å². The van der Waals surface area contributed by atoms with Crippen molar-refractivity contribution in [3.05, 3.63) is 119 Å². The predicted octanol–water partition coefficient (Wildman–Crippen LogP) is 6.99. The van der Waals surface area contributed by atoms with Gasteiger partial charge in [-0.05, 0) is 107 Å². The normalized spacial score (nSPS) is 21.3. The van der Waals surface area contributed by atoms with E-state index < -0.39 is 0 Å². The molecule has 3 fully saturated rings. The van der Waals surface area contributed by atoms with Gasteiger partial charge in [0, 0.05) is 95.0 Å². The van der Waals surface area contributed by atoms with Crippen molar-refractivity contribution >= 4 is 30.6 Å². The number of piperazine rings is 1. The van der Waals surface area contributed by atoms with E-state index in [1.54, 1.807) is 0 Å². The highest BCUT2D eigenvalue weighted by molar-refractivity contribution is 5.76. The van der Waals surface area contributed by atoms with Gasteiger partial charge in [-0.25, -0.2) is 4.79 Å². The molecule has 2 aromatic rings. The van der Waals surface area contributed by atoms with E-state index in [1.165, 1.54) is 42.3 Å². The predicted molar refractivity (Wildman–Crippen MR) is 245 cm³/mol. The van der Waals surface area contributed by atoms with Gasteiger partial charge in [-0.15, -0.1) is 13.2 Å². The molecule has 0 unspecified atom stereocenters. The number of hydrogen-bond acceptors (Lipinski definition) is 10. The minimum Gasteiger partial charge on any atom is -0.483 e. The highest BCUT2D eigenvalue weighted by Gasteiger charge is 2.30. The fourth-order valence-corrected chi connectivity index (χ4v) is 8.21. The first kappa shape index (κ1) is 49.0. The molecule has 0 radical (unpaired) electrons. The Morgan fingerprint density at radius 1 is 0.900 bits per heavy atom. The lowest BCUT2D eigenvalue weighted by molar-refractivity contribution is -0.122. The molecule has 12 heteroatoms. The van der Waals surface area contributed by atoms with Gasteiger partial charge in [0.05, 0.1) is 11.4 Å². The smallest absolute Gasteiger partial charge is 0.410 e. The van der Waals surface area contributed by atoms with Crippen molar-refractivity contribution in [2.24, 2.45) is 11.7 Å². The third-order valence-corrected chi connectivity index (χ3v) is 11.4. The number of aldehydes is 1. The molecule has 12 nitrogen and oxygen atoms in total. The second-order valence-electron chi connectivity index (χ2n) is 16.0. The van der Waals surface area contributed by atoms with Crippen LogP contribution >= 0.6 is 0 Å². The quantitative estimate of drug-likeness (QED) is 0.188. The number of nitrogens with two attached hydrogens (primary N) is 1. The maximum Gasteiger partial charge on any atom is 0.410 e. The fourth-order valence-electron chi connectivity index (χ4n) is 8.21. The number of carbonyl (C=O) groups is 3. The molecule has 4 aliphatic rings. The SMILES string of the molecule is C/C=C1/CCN(C2=C/NCCN(C(C)(C)C)\C(C=O)=C\2C)C/C1=C/c1ccc(N2CCC(CN3CCN(C(=O)OCc4ccccc4)CC3)CC2)cc1.C=C.CN.O=CO. The zero-order chi connectivity index (χ0) is 44.1. The number of nitrogens with zero attached hydrogens (tertiary/aromatic N) is 5. The van der Waals surface area contributed by atoms with Gasteiger partial charge >= 0.3 is 6.09 Å². The third-order valence-electron chi connectivity index (χ3n) is 11.4. The number of likely N-dealkylation sites (tertiary alicyclic amines) is 1. The van der Waals surface area contributed by atoms with E-state index in [-0.39, 0.29) is 18.1 Å². The number of piperidine rings is 2. The van der Waals surface area contributed by atoms with E-state index in [9.17, 15) is 9.59 Å². The first-order valence-corrected chi connectivity index (χ1v) is 21.2. The number of nitrogens with one attached hydrogen (secondary N) is 1. The van der Waals surface area contributed by atoms with E-state index in [1.807, 2.05) is 35.2 Å². The summed E-state index contributed by atoms with van der Waals surface area (Å²) >= 11 is 0. The third kappa shape index (κ3) is 14.2. The summed E-state index contributed by atoms with van der Waals surface area (Å²) in [5, 5.41) is 10.4. The van der Waals surface area contributed by atoms with Crippen LogP contribution in [0.2, 0.25) is 0 Å². The molecule has 4 N–H and O–H groups in total. The maximum atomic E-state index is 12.6. The Balaban J connectivity index is 0.00000130. The number of allylic oxidation sites excluding steroid dienone is 3. The van der Waals surface area contributed by atoms with E-state index in [0.717, 1.165) is 107 Å². The van der Waals surface area contributed by atoms with Crippen LogP contribution in [0, 0.1) is 5.92 Å². The Bertz CT molecular complexity index is 1750. The summed E-state index contributed by atoms with van der Waals surface area (Å²) in [6, 6.07) is 19.0. The molecular weight excluding hydrogens is 755 g/mol. The van der Waals surface area contributed by atoms with Crippen LogP contribution in [-0.2, 0) is 20.9 Å². The van der Waals surface area contributed by atoms with Gasteiger partial charge in [0.15, 0.2) is 6.29 Å². The molecule has 0 atom stereocenters. The largest absolute Gasteiger partial charge is 0.483 e. The molecule has 60 heavy (non-hydrogen) atoms. The second-order valence-corrected chi connectivity index (χ2v) is 16.0. The number of carbonyl (C=O) groups excluding carboxylic acids is 2. The molecule has 6 rings (SSSR count). The lowest BCUT2D eigenvalue weighted by atomic mass is 9.93. The van der Waals surface area contributed by atoms with Crippen LogP contribution in [0.1, 0.15) is 65.0 Å². The molecule has 4 aliphatic heterocycles. The van der Waals surface area contributed by atoms with E-state index in [4.69, 9.17) is 14.6 Å². The van der Waals surface area contributed by atoms with Crippen molar-refractivity contribution in [3.63, 3.8) is 0 Å². The van der Waals surface area contributed by atoms with Crippen molar-refractivity contribution in [2.75, 3.05) is 83.9 Å². The Morgan fingerprint density at radius 3 is 2.12 bits per heavy atom. The van der Waals surface area contributed by atoms with Crippen LogP contribution < -0.4 is 16.0 Å². The van der Waals surface area contributed by atoms with Gasteiger partial charge in [-0.2, -0.15) is 0 Å². The van der Waals surface area contributed by atoms with Crippen molar-refractivity contribution in [1.82, 2.24) is 24.9 Å². The highest BCUT2D eigenvalue weighted by atomic mass is 16.6. The van der Waals surface area contributed by atoms with E-state index in [0.29, 0.717) is 12.5 Å². The van der Waals surface area contributed by atoms with Crippen molar-refractivity contribution < 1.29 is 24.2 Å². The van der Waals surface area contributed by atoms with Crippen LogP contribution in [0.15, 0.2) is 108 Å². The fraction of sp³-hybridized carbons (Fsp3) is 0.479. The monoisotopic (exact) mass is 826 g/mol. The molecule has 1 amide bonds. The number of benzene rings is 2. The minimum atomic E-state index is -0.250. The highest BCUT2D eigenvalue weighted by Crippen LogP contribution is 2.32. The molecule has 2 aromatic carbocycles. The van der Waals surface area contributed by atoms with Gasteiger partial charge in [-0.1, -0.05) is 48.5 Å². The summed E-state index contributed by atoms with van der Waals surface area (Å²) < 4.78 is 5.56. The Labute approximate surface area is 359 Å². The maximum absolute atomic E-state index is 12.6. The lowest BCUT2D eigenvalue weighted by Crippen LogP contribution is -2.50. The van der Waals surface area contributed by atoms with Gasteiger partial charge < -0.3 is 40.5 Å². The molecule has 0 bridgehead atoms. The molecule has 4 heterocycles.